The minimum Gasteiger partial charge on any atom is -0.381 e. The average Bonchev–Trinajstić information content (AvgIpc) is 3.23. The highest BCUT2D eigenvalue weighted by molar-refractivity contribution is 5.18. The maximum Gasteiger partial charge on any atom is 0.191 e. The van der Waals surface area contributed by atoms with Crippen LogP contribution in [0.1, 0.15) is 171 Å². The second-order valence-corrected chi connectivity index (χ2v) is 22.1. The number of hydroxylamine groups is 4. The minimum absolute atomic E-state index is 0.0342. The number of ether oxygens (including phenoxy) is 6. The van der Waals surface area contributed by atoms with Crippen LogP contribution in [0, 0.1) is 10.8 Å². The molecule has 6 rings (SSSR count). The first kappa shape index (κ1) is 49.5. The molecule has 0 bridgehead atoms. The second kappa shape index (κ2) is 19.9. The van der Waals surface area contributed by atoms with E-state index < -0.39 is 11.6 Å². The Kier molecular flexibility index (Phi) is 15.9. The number of nitrogens with zero attached hydrogens (tertiary/aromatic N) is 2. The fourth-order valence-corrected chi connectivity index (χ4v) is 11.4. The van der Waals surface area contributed by atoms with Gasteiger partial charge in [0.2, 0.25) is 0 Å². The van der Waals surface area contributed by atoms with Crippen molar-refractivity contribution < 1.29 is 38.1 Å². The molecule has 10 nitrogen and oxygen atoms in total. The molecule has 2 spiro atoms. The van der Waals surface area contributed by atoms with Gasteiger partial charge in [-0.2, -0.15) is 10.1 Å². The zero-order valence-electron chi connectivity index (χ0n) is 40.8. The van der Waals surface area contributed by atoms with Gasteiger partial charge in [0.05, 0.1) is 33.0 Å². The van der Waals surface area contributed by atoms with Crippen molar-refractivity contribution in [2.75, 3.05) is 52.9 Å². The van der Waals surface area contributed by atoms with E-state index >= 15 is 0 Å². The van der Waals surface area contributed by atoms with Gasteiger partial charge in [0, 0.05) is 65.5 Å². The molecule has 0 N–H and O–H groups in total. The first-order chi connectivity index (χ1) is 29.2. The first-order valence-corrected chi connectivity index (χ1v) is 24.0. The molecule has 0 saturated carbocycles. The quantitative estimate of drug-likeness (QED) is 0.127. The van der Waals surface area contributed by atoms with E-state index in [4.69, 9.17) is 38.1 Å². The van der Waals surface area contributed by atoms with Crippen molar-refractivity contribution in [3.8, 4) is 0 Å². The van der Waals surface area contributed by atoms with Crippen molar-refractivity contribution in [1.82, 2.24) is 10.1 Å². The molecule has 4 saturated heterocycles. The third kappa shape index (κ3) is 11.7. The van der Waals surface area contributed by atoms with E-state index in [1.165, 1.54) is 11.1 Å². The summed E-state index contributed by atoms with van der Waals surface area (Å²) in [7, 11) is 0. The Hall–Kier alpha value is -1.96. The lowest BCUT2D eigenvalue weighted by molar-refractivity contribution is -0.391. The number of hydrogen-bond acceptors (Lipinski definition) is 10. The number of benzene rings is 2. The molecule has 4 heterocycles. The summed E-state index contributed by atoms with van der Waals surface area (Å²) in [5, 5.41) is 4.44. The number of piperidine rings is 2. The zero-order chi connectivity index (χ0) is 44.9. The minimum atomic E-state index is -0.691. The van der Waals surface area contributed by atoms with Crippen molar-refractivity contribution >= 4 is 0 Å². The molecule has 0 radical (unpaired) electrons. The van der Waals surface area contributed by atoms with E-state index in [2.05, 4.69) is 142 Å². The third-order valence-corrected chi connectivity index (χ3v) is 14.2. The molecule has 62 heavy (non-hydrogen) atoms. The lowest BCUT2D eigenvalue weighted by atomic mass is 9.65. The van der Waals surface area contributed by atoms with Gasteiger partial charge in [0.15, 0.2) is 11.6 Å². The highest BCUT2D eigenvalue weighted by Crippen LogP contribution is 2.53. The Morgan fingerprint density at radius 1 is 0.516 bits per heavy atom. The predicted molar refractivity (Wildman–Crippen MR) is 245 cm³/mol. The van der Waals surface area contributed by atoms with Crippen molar-refractivity contribution in [1.29, 1.82) is 0 Å². The van der Waals surface area contributed by atoms with E-state index in [1.54, 1.807) is 0 Å². The normalized spacial score (nSPS) is 25.7. The summed E-state index contributed by atoms with van der Waals surface area (Å²) in [5.41, 5.74) is 1.16. The second-order valence-electron chi connectivity index (χ2n) is 22.1. The average molecular weight is 865 g/mol. The molecule has 4 aliphatic heterocycles. The van der Waals surface area contributed by atoms with Crippen LogP contribution in [0.4, 0.5) is 0 Å². The van der Waals surface area contributed by atoms with Crippen molar-refractivity contribution in [2.24, 2.45) is 10.8 Å². The van der Waals surface area contributed by atoms with Gasteiger partial charge in [-0.3, -0.25) is 9.68 Å². The van der Waals surface area contributed by atoms with Crippen LogP contribution in [0.5, 0.6) is 0 Å². The predicted octanol–water partition coefficient (Wildman–Crippen LogP) is 11.6. The number of hydrogen-bond donors (Lipinski definition) is 0. The molecule has 0 amide bonds. The fourth-order valence-electron chi connectivity index (χ4n) is 11.4. The maximum atomic E-state index is 6.77. The highest BCUT2D eigenvalue weighted by Gasteiger charge is 2.59. The molecule has 2 unspecified atom stereocenters. The van der Waals surface area contributed by atoms with Gasteiger partial charge in [0.25, 0.3) is 0 Å². The molecular weight excluding hydrogens is 781 g/mol. The maximum absolute atomic E-state index is 6.77. The topological polar surface area (TPSA) is 80.3 Å². The van der Waals surface area contributed by atoms with Gasteiger partial charge in [-0.25, -0.2) is 0 Å². The van der Waals surface area contributed by atoms with Gasteiger partial charge in [0.1, 0.15) is 18.8 Å². The molecule has 2 aromatic rings. The van der Waals surface area contributed by atoms with Gasteiger partial charge in [-0.15, -0.1) is 0 Å². The van der Waals surface area contributed by atoms with Crippen LogP contribution < -0.4 is 0 Å². The van der Waals surface area contributed by atoms with Crippen LogP contribution in [0.15, 0.2) is 60.7 Å². The Labute approximate surface area is 375 Å². The van der Waals surface area contributed by atoms with Crippen molar-refractivity contribution in [3.63, 3.8) is 0 Å². The van der Waals surface area contributed by atoms with Crippen LogP contribution in [0.25, 0.3) is 0 Å². The smallest absolute Gasteiger partial charge is 0.191 e. The molecular formula is C52H84N2O8. The summed E-state index contributed by atoms with van der Waals surface area (Å²) in [4.78, 5) is 13.4. The van der Waals surface area contributed by atoms with E-state index in [9.17, 15) is 0 Å². The van der Waals surface area contributed by atoms with Crippen LogP contribution in [0.3, 0.4) is 0 Å². The zero-order valence-corrected chi connectivity index (χ0v) is 40.8. The van der Waals surface area contributed by atoms with E-state index in [0.717, 1.165) is 70.8 Å². The summed E-state index contributed by atoms with van der Waals surface area (Å²) in [6.07, 6.45) is 9.18. The summed E-state index contributed by atoms with van der Waals surface area (Å²) >= 11 is 0. The first-order valence-electron chi connectivity index (χ1n) is 24.0. The van der Waals surface area contributed by atoms with Gasteiger partial charge in [-0.1, -0.05) is 87.4 Å². The number of unbranched alkanes of at least 4 members (excludes halogenated alkanes) is 3. The lowest BCUT2D eigenvalue weighted by Crippen LogP contribution is -2.68. The summed E-state index contributed by atoms with van der Waals surface area (Å²) in [6, 6.07) is 20.9. The van der Waals surface area contributed by atoms with Crippen LogP contribution in [-0.2, 0) is 38.1 Å². The van der Waals surface area contributed by atoms with Crippen molar-refractivity contribution in [3.05, 3.63) is 71.8 Å². The summed E-state index contributed by atoms with van der Waals surface area (Å²) < 4.78 is 39.4. The van der Waals surface area contributed by atoms with Crippen molar-refractivity contribution in [2.45, 2.75) is 193 Å². The third-order valence-electron chi connectivity index (χ3n) is 14.2. The molecule has 2 atom stereocenters. The Morgan fingerprint density at radius 2 is 0.935 bits per heavy atom. The molecule has 350 valence electrons. The van der Waals surface area contributed by atoms with Crippen LogP contribution in [-0.4, -0.2) is 96.7 Å². The van der Waals surface area contributed by atoms with Crippen LogP contribution in [0.2, 0.25) is 0 Å². The standard InChI is InChI=1S/C52H84N2O8/c1-13-49(36-59-52(60-37-49)33-47(9,10)54(48(11,12)34-52)62-42(4)44-27-21-18-22-28-44)35-55-29-23-15-16-24-30-56-40-51(14-2)57-38-50(39-58-51)31-45(5,6)53(46(7,8)32-50)61-41(3)43-25-19-17-20-26-43/h17-22,25-28,41-42H,13-16,23-24,29-40H2,1-12H3. The monoisotopic (exact) mass is 865 g/mol. The van der Waals surface area contributed by atoms with Gasteiger partial charge in [-0.05, 0) is 112 Å². The Bertz CT molecular complexity index is 1500. The molecule has 2 aromatic carbocycles. The van der Waals surface area contributed by atoms with E-state index in [-0.39, 0.29) is 45.2 Å². The summed E-state index contributed by atoms with van der Waals surface area (Å²) in [5.74, 6) is -1.33. The lowest BCUT2D eigenvalue weighted by Gasteiger charge is -2.60. The SMILES string of the molecule is CCC1(COCCCCCCOCC2(CC)OCC3(CO2)CC(C)(C)N(OC(C)c2ccccc2)C(C)(C)C3)COC2(CC(C)(C)N(OC(C)c3ccccc3)C(C)(C)C2)OC1. The highest BCUT2D eigenvalue weighted by atomic mass is 16.7. The molecule has 0 aliphatic carbocycles. The van der Waals surface area contributed by atoms with Gasteiger partial charge >= 0.3 is 0 Å². The van der Waals surface area contributed by atoms with Gasteiger partial charge < -0.3 is 28.4 Å². The molecule has 4 aliphatic rings. The molecule has 4 fully saturated rings. The molecule has 0 aromatic heterocycles. The molecule has 10 heteroatoms. The largest absolute Gasteiger partial charge is 0.381 e. The number of rotatable bonds is 19. The van der Waals surface area contributed by atoms with Crippen LogP contribution >= 0.6 is 0 Å². The fraction of sp³-hybridized carbons (Fsp3) is 0.769. The Balaban J connectivity index is 0.862. The van der Waals surface area contributed by atoms with E-state index in [0.29, 0.717) is 46.2 Å². The van der Waals surface area contributed by atoms with E-state index in [1.807, 2.05) is 12.1 Å². The summed E-state index contributed by atoms with van der Waals surface area (Å²) in [6.45, 7) is 31.9. The Morgan fingerprint density at radius 3 is 1.35 bits per heavy atom.